The maximum absolute atomic E-state index is 13.1. The normalized spacial score (nSPS) is 12.7. The highest BCUT2D eigenvalue weighted by Gasteiger charge is 2.15. The minimum atomic E-state index is -0.327. The Bertz CT molecular complexity index is 1410. The molecule has 0 saturated heterocycles. The summed E-state index contributed by atoms with van der Waals surface area (Å²) in [6.45, 7) is 2.73. The van der Waals surface area contributed by atoms with Crippen molar-refractivity contribution < 1.29 is 23.4 Å². The lowest BCUT2D eigenvalue weighted by Crippen LogP contribution is -2.20. The Morgan fingerprint density at radius 3 is 2.59 bits per heavy atom. The number of anilines is 1. The van der Waals surface area contributed by atoms with Gasteiger partial charge in [0.1, 0.15) is 17.1 Å². The minimum Gasteiger partial charge on any atom is -0.490 e. The molecule has 1 aliphatic heterocycles. The van der Waals surface area contributed by atoms with E-state index in [-0.39, 0.29) is 17.9 Å². The van der Waals surface area contributed by atoms with E-state index in [1.165, 1.54) is 0 Å². The highest BCUT2D eigenvalue weighted by atomic mass is 16.5. The van der Waals surface area contributed by atoms with Gasteiger partial charge in [-0.05, 0) is 36.8 Å². The number of aryl methyl sites for hydroxylation is 1. The summed E-state index contributed by atoms with van der Waals surface area (Å²) in [6, 6.07) is 19.6. The van der Waals surface area contributed by atoms with Gasteiger partial charge in [-0.3, -0.25) is 9.59 Å². The van der Waals surface area contributed by atoms with Crippen LogP contribution in [0.25, 0.3) is 22.1 Å². The fourth-order valence-electron chi connectivity index (χ4n) is 3.90. The van der Waals surface area contributed by atoms with Crippen LogP contribution in [0, 0.1) is 6.92 Å². The topological polar surface area (TPSA) is 87.0 Å². The molecule has 1 aromatic heterocycles. The molecular weight excluding hydrogens is 434 g/mol. The van der Waals surface area contributed by atoms with Crippen molar-refractivity contribution in [1.29, 1.82) is 0 Å². The van der Waals surface area contributed by atoms with Crippen LogP contribution in [0.3, 0.4) is 0 Å². The lowest BCUT2D eigenvalue weighted by Gasteiger charge is -2.11. The molecule has 0 atom stereocenters. The van der Waals surface area contributed by atoms with Crippen LogP contribution >= 0.6 is 0 Å². The standard InChI is InChI=1S/C27H23NO6/c1-17-26(18-6-3-2-4-7-18)27(30)21-10-9-20(15-23(21)34-17)33-16-25(29)28-19-8-11-22-24(14-19)32-13-5-12-31-22/h2-4,6-11,14-15H,5,12-13,16H2,1H3,(H,28,29). The minimum absolute atomic E-state index is 0.108. The first kappa shape index (κ1) is 21.6. The van der Waals surface area contributed by atoms with Crippen molar-refractivity contribution in [2.75, 3.05) is 25.1 Å². The number of amides is 1. The van der Waals surface area contributed by atoms with E-state index >= 15 is 0 Å². The SMILES string of the molecule is Cc1oc2cc(OCC(=O)Nc3ccc4c(c3)OCCCO4)ccc2c(=O)c1-c1ccccc1. The summed E-state index contributed by atoms with van der Waals surface area (Å²) < 4.78 is 22.8. The predicted octanol–water partition coefficient (Wildman–Crippen LogP) is 4.95. The van der Waals surface area contributed by atoms with E-state index in [2.05, 4.69) is 5.32 Å². The molecular formula is C27H23NO6. The molecule has 0 spiro atoms. The number of ether oxygens (including phenoxy) is 3. The van der Waals surface area contributed by atoms with E-state index in [9.17, 15) is 9.59 Å². The van der Waals surface area contributed by atoms with E-state index in [0.717, 1.165) is 12.0 Å². The van der Waals surface area contributed by atoms with Crippen LogP contribution in [0.15, 0.2) is 75.9 Å². The van der Waals surface area contributed by atoms with Gasteiger partial charge in [-0.15, -0.1) is 0 Å². The van der Waals surface area contributed by atoms with Crippen molar-refractivity contribution in [1.82, 2.24) is 0 Å². The van der Waals surface area contributed by atoms with E-state index in [0.29, 0.717) is 58.4 Å². The Kier molecular flexibility index (Phi) is 5.91. The van der Waals surface area contributed by atoms with Gasteiger partial charge in [0.15, 0.2) is 18.1 Å². The van der Waals surface area contributed by atoms with Crippen LogP contribution in [0.2, 0.25) is 0 Å². The van der Waals surface area contributed by atoms with Crippen LogP contribution in [-0.4, -0.2) is 25.7 Å². The number of fused-ring (bicyclic) bond motifs is 2. The molecule has 7 nitrogen and oxygen atoms in total. The van der Waals surface area contributed by atoms with Gasteiger partial charge in [-0.1, -0.05) is 30.3 Å². The third-order valence-electron chi connectivity index (χ3n) is 5.50. The largest absolute Gasteiger partial charge is 0.490 e. The van der Waals surface area contributed by atoms with Crippen LogP contribution in [0.4, 0.5) is 5.69 Å². The van der Waals surface area contributed by atoms with Gasteiger partial charge in [0.25, 0.3) is 5.91 Å². The first-order valence-corrected chi connectivity index (χ1v) is 11.0. The van der Waals surface area contributed by atoms with E-state index < -0.39 is 0 Å². The second kappa shape index (κ2) is 9.31. The van der Waals surface area contributed by atoms with Gasteiger partial charge in [0.2, 0.25) is 5.43 Å². The monoisotopic (exact) mass is 457 g/mol. The maximum atomic E-state index is 13.1. The zero-order valence-electron chi connectivity index (χ0n) is 18.6. The molecule has 0 saturated carbocycles. The smallest absolute Gasteiger partial charge is 0.262 e. The first-order chi connectivity index (χ1) is 16.6. The Morgan fingerprint density at radius 2 is 1.76 bits per heavy atom. The third kappa shape index (κ3) is 4.45. The Balaban J connectivity index is 1.29. The molecule has 1 amide bonds. The summed E-state index contributed by atoms with van der Waals surface area (Å²) in [5.74, 6) is 1.89. The predicted molar refractivity (Wildman–Crippen MR) is 129 cm³/mol. The summed E-state index contributed by atoms with van der Waals surface area (Å²) in [5.41, 5.74) is 2.23. The lowest BCUT2D eigenvalue weighted by molar-refractivity contribution is -0.118. The van der Waals surface area contributed by atoms with Gasteiger partial charge in [-0.25, -0.2) is 0 Å². The van der Waals surface area contributed by atoms with Crippen molar-refractivity contribution in [3.8, 4) is 28.4 Å². The van der Waals surface area contributed by atoms with Crippen molar-refractivity contribution in [3.63, 3.8) is 0 Å². The van der Waals surface area contributed by atoms with Gasteiger partial charge < -0.3 is 23.9 Å². The van der Waals surface area contributed by atoms with Gasteiger partial charge in [0.05, 0.1) is 24.2 Å². The highest BCUT2D eigenvalue weighted by molar-refractivity contribution is 5.92. The summed E-state index contributed by atoms with van der Waals surface area (Å²) in [7, 11) is 0. The number of rotatable bonds is 5. The summed E-state index contributed by atoms with van der Waals surface area (Å²) >= 11 is 0. The van der Waals surface area contributed by atoms with Crippen molar-refractivity contribution in [2.45, 2.75) is 13.3 Å². The first-order valence-electron chi connectivity index (χ1n) is 11.0. The van der Waals surface area contributed by atoms with Gasteiger partial charge in [0, 0.05) is 24.2 Å². The molecule has 172 valence electrons. The third-order valence-corrected chi connectivity index (χ3v) is 5.50. The summed E-state index contributed by atoms with van der Waals surface area (Å²) in [4.78, 5) is 25.5. The van der Waals surface area contributed by atoms with E-state index in [4.69, 9.17) is 18.6 Å². The van der Waals surface area contributed by atoms with Gasteiger partial charge in [-0.2, -0.15) is 0 Å². The molecule has 2 heterocycles. The lowest BCUT2D eigenvalue weighted by atomic mass is 10.0. The number of hydrogen-bond donors (Lipinski definition) is 1. The van der Waals surface area contributed by atoms with Crippen LogP contribution in [0.1, 0.15) is 12.2 Å². The average Bonchev–Trinajstić information content (AvgIpc) is 3.08. The molecule has 0 bridgehead atoms. The second-order valence-corrected chi connectivity index (χ2v) is 7.94. The summed E-state index contributed by atoms with van der Waals surface area (Å²) in [6.07, 6.45) is 0.809. The zero-order chi connectivity index (χ0) is 23.5. The Hall–Kier alpha value is -4.26. The molecule has 5 rings (SSSR count). The molecule has 4 aromatic rings. The molecule has 34 heavy (non-hydrogen) atoms. The molecule has 1 aliphatic rings. The van der Waals surface area contributed by atoms with Gasteiger partial charge >= 0.3 is 0 Å². The number of nitrogens with one attached hydrogen (secondary N) is 1. The zero-order valence-corrected chi connectivity index (χ0v) is 18.6. The quantitative estimate of drug-likeness (QED) is 0.456. The van der Waals surface area contributed by atoms with Crippen LogP contribution in [0.5, 0.6) is 17.2 Å². The Labute approximate surface area is 195 Å². The van der Waals surface area contributed by atoms with Crippen molar-refractivity contribution in [2.24, 2.45) is 0 Å². The van der Waals surface area contributed by atoms with Crippen molar-refractivity contribution in [3.05, 3.63) is 82.7 Å². The number of benzene rings is 3. The summed E-state index contributed by atoms with van der Waals surface area (Å²) in [5, 5.41) is 3.24. The van der Waals surface area contributed by atoms with E-state index in [1.54, 1.807) is 43.3 Å². The fourth-order valence-corrected chi connectivity index (χ4v) is 3.90. The fraction of sp³-hybridized carbons (Fsp3) is 0.185. The molecule has 0 aliphatic carbocycles. The van der Waals surface area contributed by atoms with E-state index in [1.807, 2.05) is 30.3 Å². The second-order valence-electron chi connectivity index (χ2n) is 7.94. The molecule has 7 heteroatoms. The van der Waals surface area contributed by atoms with Crippen LogP contribution in [-0.2, 0) is 4.79 Å². The maximum Gasteiger partial charge on any atom is 0.262 e. The molecule has 1 N–H and O–H groups in total. The number of carbonyl (C=O) groups excluding carboxylic acids is 1. The Morgan fingerprint density at radius 1 is 0.971 bits per heavy atom. The molecule has 3 aromatic carbocycles. The van der Waals surface area contributed by atoms with Crippen molar-refractivity contribution >= 4 is 22.6 Å². The molecule has 0 fully saturated rings. The molecule has 0 radical (unpaired) electrons. The average molecular weight is 457 g/mol. The van der Waals surface area contributed by atoms with Crippen LogP contribution < -0.4 is 25.0 Å². The number of carbonyl (C=O) groups is 1. The number of hydrogen-bond acceptors (Lipinski definition) is 6. The molecule has 0 unspecified atom stereocenters. The highest BCUT2D eigenvalue weighted by Crippen LogP contribution is 2.32.